The lowest BCUT2D eigenvalue weighted by Gasteiger charge is -2.36. The van der Waals surface area contributed by atoms with E-state index in [2.05, 4.69) is 26.1 Å². The van der Waals surface area contributed by atoms with Crippen molar-refractivity contribution in [2.45, 2.75) is 24.4 Å². The van der Waals surface area contributed by atoms with Gasteiger partial charge in [-0.25, -0.2) is 4.90 Å². The molecule has 0 radical (unpaired) electrons. The van der Waals surface area contributed by atoms with E-state index in [9.17, 15) is 14.4 Å². The van der Waals surface area contributed by atoms with E-state index < -0.39 is 17.4 Å². The third-order valence-corrected chi connectivity index (χ3v) is 8.44. The molecule has 4 aliphatic rings. The summed E-state index contributed by atoms with van der Waals surface area (Å²) in [6, 6.07) is 19.1. The summed E-state index contributed by atoms with van der Waals surface area (Å²) in [4.78, 5) is 45.0. The Morgan fingerprint density at radius 3 is 2.61 bits per heavy atom. The first kappa shape index (κ1) is 19.4. The maximum atomic E-state index is 14.1. The molecule has 4 atom stereocenters. The van der Waals surface area contributed by atoms with Crippen molar-refractivity contribution in [3.8, 4) is 0 Å². The number of hydrogen-bond acceptors (Lipinski definition) is 4. The molecule has 7 heteroatoms. The van der Waals surface area contributed by atoms with Crippen molar-refractivity contribution < 1.29 is 14.4 Å². The molecule has 1 N–H and O–H groups in total. The van der Waals surface area contributed by atoms with Gasteiger partial charge >= 0.3 is 0 Å². The number of imide groups is 1. The molecular formula is C26H20BrN3O3. The minimum atomic E-state index is -1.15. The second-order valence-corrected chi connectivity index (χ2v) is 10.3. The molecule has 3 fully saturated rings. The van der Waals surface area contributed by atoms with Crippen LogP contribution < -0.4 is 10.2 Å². The maximum Gasteiger partial charge on any atom is 0.250 e. The predicted octanol–water partition coefficient (Wildman–Crippen LogP) is 4.03. The molecule has 4 heterocycles. The second-order valence-electron chi connectivity index (χ2n) is 9.36. The van der Waals surface area contributed by atoms with Crippen LogP contribution in [0.4, 0.5) is 11.4 Å². The highest BCUT2D eigenvalue weighted by atomic mass is 79.9. The van der Waals surface area contributed by atoms with Crippen LogP contribution in [-0.2, 0) is 19.9 Å². The number of fused-ring (bicyclic) bond motifs is 8. The molecule has 1 spiro atoms. The van der Waals surface area contributed by atoms with Gasteiger partial charge in [-0.1, -0.05) is 46.3 Å². The van der Waals surface area contributed by atoms with E-state index in [0.29, 0.717) is 12.2 Å². The number of benzene rings is 3. The lowest BCUT2D eigenvalue weighted by Crippen LogP contribution is -2.54. The molecule has 4 unspecified atom stereocenters. The van der Waals surface area contributed by atoms with Gasteiger partial charge in [-0.15, -0.1) is 0 Å². The fourth-order valence-corrected chi connectivity index (χ4v) is 7.11. The lowest BCUT2D eigenvalue weighted by molar-refractivity contribution is -0.135. The third kappa shape index (κ3) is 2.29. The van der Waals surface area contributed by atoms with E-state index >= 15 is 0 Å². The summed E-state index contributed by atoms with van der Waals surface area (Å²) in [5.74, 6) is -1.93. The van der Waals surface area contributed by atoms with Gasteiger partial charge in [0.25, 0.3) is 0 Å². The Balaban J connectivity index is 1.42. The molecule has 3 aromatic carbocycles. The fraction of sp³-hybridized carbons (Fsp3) is 0.269. The molecule has 164 valence electrons. The summed E-state index contributed by atoms with van der Waals surface area (Å²) in [5.41, 5.74) is 0.941. The van der Waals surface area contributed by atoms with Crippen molar-refractivity contribution in [1.29, 1.82) is 0 Å². The Bertz CT molecular complexity index is 1400. The molecule has 0 bridgehead atoms. The molecule has 7 rings (SSSR count). The van der Waals surface area contributed by atoms with Crippen LogP contribution in [0.2, 0.25) is 0 Å². The average molecular weight is 502 g/mol. The molecular weight excluding hydrogens is 482 g/mol. The van der Waals surface area contributed by atoms with Crippen LogP contribution in [0.1, 0.15) is 18.4 Å². The van der Waals surface area contributed by atoms with Crippen LogP contribution in [0, 0.1) is 11.8 Å². The molecule has 3 aromatic rings. The summed E-state index contributed by atoms with van der Waals surface area (Å²) in [5, 5.41) is 5.03. The van der Waals surface area contributed by atoms with E-state index in [0.717, 1.165) is 39.3 Å². The van der Waals surface area contributed by atoms with Crippen molar-refractivity contribution in [1.82, 2.24) is 4.90 Å². The first-order valence-electron chi connectivity index (χ1n) is 11.3. The van der Waals surface area contributed by atoms with Crippen LogP contribution in [0.15, 0.2) is 65.1 Å². The van der Waals surface area contributed by atoms with Gasteiger partial charge in [0.05, 0.1) is 17.5 Å². The zero-order chi connectivity index (χ0) is 22.5. The van der Waals surface area contributed by atoms with Crippen LogP contribution in [0.3, 0.4) is 0 Å². The monoisotopic (exact) mass is 501 g/mol. The number of rotatable bonds is 1. The van der Waals surface area contributed by atoms with Gasteiger partial charge in [0.1, 0.15) is 5.54 Å². The van der Waals surface area contributed by atoms with E-state index in [1.165, 1.54) is 4.90 Å². The molecule has 6 nitrogen and oxygen atoms in total. The van der Waals surface area contributed by atoms with Crippen LogP contribution in [-0.4, -0.2) is 35.2 Å². The van der Waals surface area contributed by atoms with Gasteiger partial charge in [-0.05, 0) is 60.5 Å². The molecule has 0 aliphatic carbocycles. The normalized spacial score (nSPS) is 30.3. The summed E-state index contributed by atoms with van der Waals surface area (Å²) in [6.07, 6.45) is 1.72. The van der Waals surface area contributed by atoms with Crippen LogP contribution >= 0.6 is 15.9 Å². The quantitative estimate of drug-likeness (QED) is 0.511. The summed E-state index contributed by atoms with van der Waals surface area (Å²) in [6.45, 7) is 0.702. The van der Waals surface area contributed by atoms with Gasteiger partial charge < -0.3 is 5.32 Å². The van der Waals surface area contributed by atoms with Gasteiger partial charge in [-0.2, -0.15) is 0 Å². The minimum Gasteiger partial charge on any atom is -0.324 e. The molecule has 3 saturated heterocycles. The van der Waals surface area contributed by atoms with Gasteiger partial charge in [0.2, 0.25) is 17.7 Å². The number of hydrogen-bond donors (Lipinski definition) is 1. The van der Waals surface area contributed by atoms with Crippen molar-refractivity contribution >= 4 is 55.8 Å². The first-order chi connectivity index (χ1) is 16.0. The SMILES string of the molecule is O=C1C2C3CCCN3C3(C(=O)Nc4ccc(Br)cc43)C2C(=O)N1c1ccc2ccccc2c1. The van der Waals surface area contributed by atoms with E-state index in [1.807, 2.05) is 60.7 Å². The topological polar surface area (TPSA) is 69.7 Å². The smallest absolute Gasteiger partial charge is 0.250 e. The Labute approximate surface area is 198 Å². The molecule has 4 aliphatic heterocycles. The average Bonchev–Trinajstić information content (AvgIpc) is 3.52. The highest BCUT2D eigenvalue weighted by Crippen LogP contribution is 2.60. The Morgan fingerprint density at radius 2 is 1.76 bits per heavy atom. The molecule has 3 amide bonds. The van der Waals surface area contributed by atoms with Crippen molar-refractivity contribution in [2.24, 2.45) is 11.8 Å². The van der Waals surface area contributed by atoms with Crippen molar-refractivity contribution in [2.75, 3.05) is 16.8 Å². The number of carbonyl (C=O) groups is 3. The number of anilines is 2. The highest BCUT2D eigenvalue weighted by molar-refractivity contribution is 9.10. The van der Waals surface area contributed by atoms with E-state index in [4.69, 9.17) is 0 Å². The van der Waals surface area contributed by atoms with Crippen LogP contribution in [0.25, 0.3) is 10.8 Å². The zero-order valence-electron chi connectivity index (χ0n) is 17.6. The Morgan fingerprint density at radius 1 is 0.939 bits per heavy atom. The van der Waals surface area contributed by atoms with E-state index in [-0.39, 0.29) is 23.8 Å². The van der Waals surface area contributed by atoms with Gasteiger partial charge in [-0.3, -0.25) is 19.3 Å². The predicted molar refractivity (Wildman–Crippen MR) is 128 cm³/mol. The number of amides is 3. The first-order valence-corrected chi connectivity index (χ1v) is 12.1. The largest absolute Gasteiger partial charge is 0.324 e. The summed E-state index contributed by atoms with van der Waals surface area (Å²) >= 11 is 3.54. The van der Waals surface area contributed by atoms with Crippen molar-refractivity contribution in [3.63, 3.8) is 0 Å². The number of halogens is 1. The minimum absolute atomic E-state index is 0.118. The molecule has 0 aromatic heterocycles. The summed E-state index contributed by atoms with van der Waals surface area (Å²) < 4.78 is 0.847. The molecule has 0 saturated carbocycles. The highest BCUT2D eigenvalue weighted by Gasteiger charge is 2.74. The summed E-state index contributed by atoms with van der Waals surface area (Å²) in [7, 11) is 0. The zero-order valence-corrected chi connectivity index (χ0v) is 19.2. The lowest BCUT2D eigenvalue weighted by atomic mass is 9.75. The Kier molecular flexibility index (Phi) is 3.84. The third-order valence-electron chi connectivity index (χ3n) is 7.95. The second kappa shape index (κ2) is 6.52. The maximum absolute atomic E-state index is 14.1. The van der Waals surface area contributed by atoms with E-state index in [1.54, 1.807) is 0 Å². The Hall–Kier alpha value is -3.03. The standard InChI is InChI=1S/C26H20BrN3O3/c27-16-8-10-19-18(13-16)26(25(33)28-19)22-21(20-6-3-11-29(20)26)23(31)30(24(22)32)17-9-7-14-4-1-2-5-15(14)12-17/h1-2,4-5,7-10,12-13,20-22H,3,6,11H2,(H,28,33). The van der Waals surface area contributed by atoms with Crippen LogP contribution in [0.5, 0.6) is 0 Å². The fourth-order valence-electron chi connectivity index (χ4n) is 6.75. The number of carbonyl (C=O) groups excluding carboxylic acids is 3. The van der Waals surface area contributed by atoms with Crippen molar-refractivity contribution in [3.05, 3.63) is 70.7 Å². The van der Waals surface area contributed by atoms with Gasteiger partial charge in [0.15, 0.2) is 0 Å². The van der Waals surface area contributed by atoms with Gasteiger partial charge in [0, 0.05) is 21.8 Å². The number of nitrogens with one attached hydrogen (secondary N) is 1. The molecule has 33 heavy (non-hydrogen) atoms. The number of nitrogens with zero attached hydrogens (tertiary/aromatic N) is 2.